The van der Waals surface area contributed by atoms with Crippen LogP contribution in [0.3, 0.4) is 0 Å². The Bertz CT molecular complexity index is 789. The fraction of sp³-hybridized carbons (Fsp3) is 0.250. The lowest BCUT2D eigenvalue weighted by Crippen LogP contribution is -2.38. The van der Waals surface area contributed by atoms with Crippen LogP contribution in [0.2, 0.25) is 0 Å². The van der Waals surface area contributed by atoms with Crippen molar-refractivity contribution in [2.24, 2.45) is 0 Å². The lowest BCUT2D eigenvalue weighted by atomic mass is 10.1. The van der Waals surface area contributed by atoms with Crippen molar-refractivity contribution in [2.75, 3.05) is 6.61 Å². The number of aliphatic hydroxyl groups is 1. The highest BCUT2D eigenvalue weighted by Gasteiger charge is 2.05. The molecule has 0 aliphatic carbocycles. The highest BCUT2D eigenvalue weighted by atomic mass is 16.2. The number of aromatic nitrogens is 2. The fourth-order valence-corrected chi connectivity index (χ4v) is 1.96. The minimum absolute atomic E-state index is 0.183. The van der Waals surface area contributed by atoms with E-state index in [0.29, 0.717) is 6.54 Å². The largest absolute Gasteiger partial charge is 0.384 e. The average Bonchev–Trinajstić information content (AvgIpc) is 2.51. The number of hydrogen-bond donors (Lipinski definition) is 1. The molecule has 0 fully saturated rings. The van der Waals surface area contributed by atoms with Crippen LogP contribution in [0.25, 0.3) is 0 Å². The van der Waals surface area contributed by atoms with Gasteiger partial charge in [0, 0.05) is 24.4 Å². The third-order valence-corrected chi connectivity index (χ3v) is 3.09. The molecule has 0 amide bonds. The van der Waals surface area contributed by atoms with Crippen molar-refractivity contribution in [1.29, 1.82) is 0 Å². The van der Waals surface area contributed by atoms with Gasteiger partial charge in [-0.3, -0.25) is 9.36 Å². The Kier molecular flexibility index (Phi) is 4.75. The van der Waals surface area contributed by atoms with Gasteiger partial charge in [-0.25, -0.2) is 4.79 Å². The van der Waals surface area contributed by atoms with Crippen LogP contribution in [0.1, 0.15) is 18.1 Å². The quantitative estimate of drug-likeness (QED) is 0.831. The van der Waals surface area contributed by atoms with E-state index in [0.717, 1.165) is 11.1 Å². The first-order chi connectivity index (χ1) is 10.2. The molecule has 0 aliphatic rings. The Morgan fingerprint density at radius 1 is 1.14 bits per heavy atom. The fourth-order valence-electron chi connectivity index (χ4n) is 1.96. The van der Waals surface area contributed by atoms with Crippen molar-refractivity contribution in [1.82, 2.24) is 9.13 Å². The third-order valence-electron chi connectivity index (χ3n) is 3.09. The molecule has 0 atom stereocenters. The first-order valence-electron chi connectivity index (χ1n) is 6.64. The van der Waals surface area contributed by atoms with Gasteiger partial charge >= 0.3 is 5.69 Å². The lowest BCUT2D eigenvalue weighted by Gasteiger charge is -2.08. The van der Waals surface area contributed by atoms with Crippen molar-refractivity contribution >= 4 is 0 Å². The van der Waals surface area contributed by atoms with Gasteiger partial charge in [0.15, 0.2) is 0 Å². The molecule has 21 heavy (non-hydrogen) atoms. The summed E-state index contributed by atoms with van der Waals surface area (Å²) >= 11 is 0. The van der Waals surface area contributed by atoms with Gasteiger partial charge in [-0.15, -0.1) is 0 Å². The van der Waals surface area contributed by atoms with E-state index in [1.807, 2.05) is 19.1 Å². The van der Waals surface area contributed by atoms with Gasteiger partial charge < -0.3 is 9.67 Å². The van der Waals surface area contributed by atoms with Gasteiger partial charge in [-0.1, -0.05) is 24.0 Å². The molecular formula is C16H16N2O3. The van der Waals surface area contributed by atoms with Crippen molar-refractivity contribution < 1.29 is 5.11 Å². The van der Waals surface area contributed by atoms with Gasteiger partial charge in [0.1, 0.15) is 6.61 Å². The van der Waals surface area contributed by atoms with Gasteiger partial charge in [-0.2, -0.15) is 0 Å². The van der Waals surface area contributed by atoms with E-state index >= 15 is 0 Å². The molecule has 1 N–H and O–H groups in total. The van der Waals surface area contributed by atoms with Crippen molar-refractivity contribution in [3.05, 3.63) is 68.5 Å². The van der Waals surface area contributed by atoms with Crippen molar-refractivity contribution in [3.8, 4) is 11.8 Å². The number of benzene rings is 1. The third kappa shape index (κ3) is 3.50. The summed E-state index contributed by atoms with van der Waals surface area (Å²) in [5, 5.41) is 8.64. The summed E-state index contributed by atoms with van der Waals surface area (Å²) in [6, 6.07) is 8.62. The zero-order valence-electron chi connectivity index (χ0n) is 11.7. The van der Waals surface area contributed by atoms with Crippen molar-refractivity contribution in [2.45, 2.75) is 20.0 Å². The van der Waals surface area contributed by atoms with E-state index < -0.39 is 0 Å². The molecule has 5 nitrogen and oxygen atoms in total. The number of aliphatic hydroxyl groups excluding tert-OH is 1. The maximum atomic E-state index is 12.1. The first kappa shape index (κ1) is 14.8. The van der Waals surface area contributed by atoms with E-state index in [2.05, 4.69) is 11.8 Å². The molecule has 0 aliphatic heterocycles. The Balaban J connectivity index is 2.30. The Morgan fingerprint density at radius 2 is 1.86 bits per heavy atom. The van der Waals surface area contributed by atoms with E-state index in [9.17, 15) is 9.59 Å². The topological polar surface area (TPSA) is 64.2 Å². The smallest absolute Gasteiger partial charge is 0.331 e. The maximum Gasteiger partial charge on any atom is 0.331 e. The molecule has 0 unspecified atom stereocenters. The second-order valence-electron chi connectivity index (χ2n) is 4.47. The Labute approximate surface area is 122 Å². The van der Waals surface area contributed by atoms with Crippen LogP contribution < -0.4 is 11.2 Å². The lowest BCUT2D eigenvalue weighted by molar-refractivity contribution is 0.350. The second kappa shape index (κ2) is 6.73. The number of aryl methyl sites for hydroxylation is 1. The minimum atomic E-state index is -0.311. The molecule has 2 rings (SSSR count). The van der Waals surface area contributed by atoms with Crippen LogP contribution in [0.15, 0.2) is 46.1 Å². The summed E-state index contributed by atoms with van der Waals surface area (Å²) in [4.78, 5) is 23.9. The van der Waals surface area contributed by atoms with E-state index in [4.69, 9.17) is 5.11 Å². The van der Waals surface area contributed by atoms with Crippen LogP contribution in [0, 0.1) is 11.8 Å². The van der Waals surface area contributed by atoms with E-state index in [1.54, 1.807) is 12.1 Å². The molecule has 108 valence electrons. The number of nitrogens with zero attached hydrogens (tertiary/aromatic N) is 2. The zero-order valence-corrected chi connectivity index (χ0v) is 11.7. The molecule has 0 spiro atoms. The summed E-state index contributed by atoms with van der Waals surface area (Å²) in [6.45, 7) is 2.42. The summed E-state index contributed by atoms with van der Waals surface area (Å²) in [6.07, 6.45) is 1.51. The molecule has 0 radical (unpaired) electrons. The molecule has 0 saturated heterocycles. The van der Waals surface area contributed by atoms with Crippen LogP contribution >= 0.6 is 0 Å². The van der Waals surface area contributed by atoms with Gasteiger partial charge in [0.05, 0.1) is 6.54 Å². The van der Waals surface area contributed by atoms with E-state index in [1.165, 1.54) is 21.4 Å². The van der Waals surface area contributed by atoms with Crippen LogP contribution in [-0.4, -0.2) is 20.8 Å². The standard InChI is InChI=1S/C16H16N2O3/c1-2-17-10-9-15(20)18(16(17)21)12-14-7-5-13(6-8-14)4-3-11-19/h5-10,19H,2,11-12H2,1H3. The maximum absolute atomic E-state index is 12.1. The SMILES string of the molecule is CCn1ccc(=O)n(Cc2ccc(C#CCO)cc2)c1=O. The predicted molar refractivity (Wildman–Crippen MR) is 80.1 cm³/mol. The van der Waals surface area contributed by atoms with Crippen molar-refractivity contribution in [3.63, 3.8) is 0 Å². The molecule has 1 heterocycles. The predicted octanol–water partition coefficient (Wildman–Crippen LogP) is 0.422. The number of rotatable bonds is 3. The van der Waals surface area contributed by atoms with Crippen LogP contribution in [0.4, 0.5) is 0 Å². The Hall–Kier alpha value is -2.58. The van der Waals surface area contributed by atoms with Crippen LogP contribution in [0.5, 0.6) is 0 Å². The summed E-state index contributed by atoms with van der Waals surface area (Å²) in [7, 11) is 0. The molecule has 0 saturated carbocycles. The highest BCUT2D eigenvalue weighted by molar-refractivity contribution is 5.36. The molecule has 1 aromatic carbocycles. The summed E-state index contributed by atoms with van der Waals surface area (Å²) < 4.78 is 2.69. The Morgan fingerprint density at radius 3 is 2.48 bits per heavy atom. The van der Waals surface area contributed by atoms with E-state index in [-0.39, 0.29) is 24.4 Å². The second-order valence-corrected chi connectivity index (χ2v) is 4.47. The van der Waals surface area contributed by atoms with Gasteiger partial charge in [0.25, 0.3) is 5.56 Å². The van der Waals surface area contributed by atoms with Crippen LogP contribution in [-0.2, 0) is 13.1 Å². The number of hydrogen-bond acceptors (Lipinski definition) is 3. The summed E-state index contributed by atoms with van der Waals surface area (Å²) in [5.41, 5.74) is 1.000. The highest BCUT2D eigenvalue weighted by Crippen LogP contribution is 2.03. The molecular weight excluding hydrogens is 268 g/mol. The molecule has 5 heteroatoms. The minimum Gasteiger partial charge on any atom is -0.384 e. The molecule has 2 aromatic rings. The monoisotopic (exact) mass is 284 g/mol. The van der Waals surface area contributed by atoms with Gasteiger partial charge in [-0.05, 0) is 24.6 Å². The first-order valence-corrected chi connectivity index (χ1v) is 6.64. The van der Waals surface area contributed by atoms with Gasteiger partial charge in [0.2, 0.25) is 0 Å². The summed E-state index contributed by atoms with van der Waals surface area (Å²) in [5.74, 6) is 5.36. The molecule has 1 aromatic heterocycles. The average molecular weight is 284 g/mol. The normalized spacial score (nSPS) is 10.0. The zero-order chi connectivity index (χ0) is 15.2. The molecule has 0 bridgehead atoms.